The minimum atomic E-state index is -0.384. The van der Waals surface area contributed by atoms with Crippen molar-refractivity contribution in [1.82, 2.24) is 4.57 Å². The second-order valence-electron chi connectivity index (χ2n) is 4.58. The second kappa shape index (κ2) is 5.80. The molecule has 3 rings (SSSR count). The summed E-state index contributed by atoms with van der Waals surface area (Å²) in [7, 11) is 0. The highest BCUT2D eigenvalue weighted by Gasteiger charge is 2.19. The van der Waals surface area contributed by atoms with E-state index in [0.717, 1.165) is 10.2 Å². The number of hydrogen-bond donors (Lipinski definition) is 0. The molecule has 22 heavy (non-hydrogen) atoms. The summed E-state index contributed by atoms with van der Waals surface area (Å²) in [5, 5.41) is 0. The van der Waals surface area contributed by atoms with E-state index in [1.54, 1.807) is 17.6 Å². The number of aromatic nitrogens is 1. The van der Waals surface area contributed by atoms with Gasteiger partial charge in [-0.15, -0.1) is 0 Å². The number of esters is 1. The lowest BCUT2D eigenvalue weighted by atomic mass is 10.3. The van der Waals surface area contributed by atoms with Crippen LogP contribution >= 0.6 is 11.3 Å². The predicted molar refractivity (Wildman–Crippen MR) is 78.8 cm³/mol. The zero-order valence-electron chi connectivity index (χ0n) is 12.1. The van der Waals surface area contributed by atoms with E-state index in [2.05, 4.69) is 4.99 Å². The number of amides is 1. The van der Waals surface area contributed by atoms with Gasteiger partial charge in [0.25, 0.3) is 0 Å². The van der Waals surface area contributed by atoms with Gasteiger partial charge in [0, 0.05) is 19.1 Å². The van der Waals surface area contributed by atoms with Crippen molar-refractivity contribution in [1.29, 1.82) is 0 Å². The third-order valence-electron chi connectivity index (χ3n) is 3.02. The summed E-state index contributed by atoms with van der Waals surface area (Å²) >= 11 is 1.31. The standard InChI is InChI=1S/C14H14N2O5S/c1-3-19-13(18)6-16-9-4-10-11(21-7-20-10)5-12(9)22-14(16)15-8(2)17/h4-5H,3,6-7H2,1-2H3. The summed E-state index contributed by atoms with van der Waals surface area (Å²) in [5.41, 5.74) is 0.752. The van der Waals surface area contributed by atoms with Gasteiger partial charge in [0.2, 0.25) is 12.7 Å². The normalized spacial score (nSPS) is 13.6. The highest BCUT2D eigenvalue weighted by Crippen LogP contribution is 2.36. The molecule has 0 radical (unpaired) electrons. The SMILES string of the molecule is CCOC(=O)Cn1c(=NC(C)=O)sc2cc3c(cc21)OCO3. The highest BCUT2D eigenvalue weighted by molar-refractivity contribution is 7.16. The number of rotatable bonds is 3. The molecule has 0 saturated heterocycles. The van der Waals surface area contributed by atoms with Gasteiger partial charge in [0.1, 0.15) is 6.54 Å². The van der Waals surface area contributed by atoms with Crippen LogP contribution in [-0.2, 0) is 20.9 Å². The topological polar surface area (TPSA) is 79.1 Å². The summed E-state index contributed by atoms with van der Waals surface area (Å²) < 4.78 is 18.2. The lowest BCUT2D eigenvalue weighted by Crippen LogP contribution is -2.22. The quantitative estimate of drug-likeness (QED) is 0.799. The monoisotopic (exact) mass is 322 g/mol. The van der Waals surface area contributed by atoms with E-state index < -0.39 is 0 Å². The van der Waals surface area contributed by atoms with Crippen LogP contribution in [0, 0.1) is 0 Å². The maximum Gasteiger partial charge on any atom is 0.326 e. The molecule has 1 amide bonds. The van der Waals surface area contributed by atoms with Crippen molar-refractivity contribution in [3.8, 4) is 11.5 Å². The average Bonchev–Trinajstić information content (AvgIpc) is 3.01. The van der Waals surface area contributed by atoms with E-state index >= 15 is 0 Å². The zero-order chi connectivity index (χ0) is 15.7. The van der Waals surface area contributed by atoms with Crippen molar-refractivity contribution in [2.75, 3.05) is 13.4 Å². The van der Waals surface area contributed by atoms with Gasteiger partial charge in [-0.25, -0.2) is 0 Å². The van der Waals surface area contributed by atoms with Crippen molar-refractivity contribution in [3.63, 3.8) is 0 Å². The summed E-state index contributed by atoms with van der Waals surface area (Å²) in [6.45, 7) is 3.57. The van der Waals surface area contributed by atoms with Crippen molar-refractivity contribution >= 4 is 33.4 Å². The lowest BCUT2D eigenvalue weighted by molar-refractivity contribution is -0.143. The summed E-state index contributed by atoms with van der Waals surface area (Å²) in [6, 6.07) is 3.61. The Morgan fingerprint density at radius 3 is 2.77 bits per heavy atom. The molecule has 2 aromatic rings. The van der Waals surface area contributed by atoms with Gasteiger partial charge in [-0.2, -0.15) is 4.99 Å². The first-order valence-electron chi connectivity index (χ1n) is 6.72. The fourth-order valence-electron chi connectivity index (χ4n) is 2.17. The number of carbonyl (C=O) groups excluding carboxylic acids is 2. The van der Waals surface area contributed by atoms with Crippen molar-refractivity contribution < 1.29 is 23.8 Å². The molecule has 0 spiro atoms. The smallest absolute Gasteiger partial charge is 0.326 e. The Kier molecular flexibility index (Phi) is 3.84. The van der Waals surface area contributed by atoms with Gasteiger partial charge < -0.3 is 18.8 Å². The Morgan fingerprint density at radius 1 is 1.36 bits per heavy atom. The minimum absolute atomic E-state index is 0.0143. The Balaban J connectivity index is 2.16. The molecular formula is C14H14N2O5S. The molecule has 0 saturated carbocycles. The van der Waals surface area contributed by atoms with Gasteiger partial charge >= 0.3 is 5.97 Å². The van der Waals surface area contributed by atoms with Crippen LogP contribution in [0.15, 0.2) is 17.1 Å². The maximum absolute atomic E-state index is 11.8. The van der Waals surface area contributed by atoms with E-state index in [1.165, 1.54) is 18.3 Å². The first kappa shape index (κ1) is 14.6. The maximum atomic E-state index is 11.8. The van der Waals surface area contributed by atoms with Crippen LogP contribution in [0.2, 0.25) is 0 Å². The molecule has 8 heteroatoms. The zero-order valence-corrected chi connectivity index (χ0v) is 12.9. The van der Waals surface area contributed by atoms with E-state index in [0.29, 0.717) is 22.9 Å². The lowest BCUT2D eigenvalue weighted by Gasteiger charge is -2.05. The minimum Gasteiger partial charge on any atom is -0.465 e. The van der Waals surface area contributed by atoms with Crippen molar-refractivity contribution in [2.24, 2.45) is 4.99 Å². The molecule has 0 aliphatic carbocycles. The number of benzene rings is 1. The first-order valence-corrected chi connectivity index (χ1v) is 7.54. The summed E-state index contributed by atoms with van der Waals surface area (Å²) in [4.78, 5) is 27.5. The fraction of sp³-hybridized carbons (Fsp3) is 0.357. The van der Waals surface area contributed by atoms with Gasteiger partial charge in [-0.05, 0) is 6.92 Å². The Morgan fingerprint density at radius 2 is 2.09 bits per heavy atom. The fourth-order valence-corrected chi connectivity index (χ4v) is 3.25. The van der Waals surface area contributed by atoms with Crippen LogP contribution in [-0.4, -0.2) is 29.8 Å². The number of carbonyl (C=O) groups is 2. The largest absolute Gasteiger partial charge is 0.465 e. The third kappa shape index (κ3) is 2.69. The van der Waals surface area contributed by atoms with E-state index in [9.17, 15) is 9.59 Å². The van der Waals surface area contributed by atoms with E-state index in [1.807, 2.05) is 6.07 Å². The third-order valence-corrected chi connectivity index (χ3v) is 4.06. The van der Waals surface area contributed by atoms with Gasteiger partial charge in [0.05, 0.1) is 16.8 Å². The Bertz CT molecular complexity index is 820. The van der Waals surface area contributed by atoms with Gasteiger partial charge in [-0.3, -0.25) is 9.59 Å². The van der Waals surface area contributed by atoms with Crippen LogP contribution in [0.1, 0.15) is 13.8 Å². The molecule has 1 aromatic heterocycles. The van der Waals surface area contributed by atoms with Crippen LogP contribution in [0.3, 0.4) is 0 Å². The van der Waals surface area contributed by atoms with Gasteiger partial charge in [0.15, 0.2) is 16.3 Å². The molecule has 1 aromatic carbocycles. The molecule has 2 heterocycles. The van der Waals surface area contributed by atoms with Crippen molar-refractivity contribution in [2.45, 2.75) is 20.4 Å². The number of fused-ring (bicyclic) bond motifs is 2. The predicted octanol–water partition coefficient (Wildman–Crippen LogP) is 1.44. The number of nitrogens with zero attached hydrogens (tertiary/aromatic N) is 2. The first-order chi connectivity index (χ1) is 10.6. The molecule has 0 N–H and O–H groups in total. The molecule has 1 aliphatic heterocycles. The van der Waals surface area contributed by atoms with Crippen LogP contribution < -0.4 is 14.3 Å². The molecule has 7 nitrogen and oxygen atoms in total. The molecular weight excluding hydrogens is 308 g/mol. The molecule has 0 atom stereocenters. The molecule has 0 fully saturated rings. The van der Waals surface area contributed by atoms with E-state index in [-0.39, 0.29) is 25.2 Å². The Hall–Kier alpha value is -2.35. The summed E-state index contributed by atoms with van der Waals surface area (Å²) in [5.74, 6) is 0.540. The van der Waals surface area contributed by atoms with Crippen LogP contribution in [0.4, 0.5) is 0 Å². The molecule has 116 valence electrons. The second-order valence-corrected chi connectivity index (χ2v) is 5.59. The molecule has 0 bridgehead atoms. The average molecular weight is 322 g/mol. The van der Waals surface area contributed by atoms with E-state index in [4.69, 9.17) is 14.2 Å². The van der Waals surface area contributed by atoms with Crippen LogP contribution in [0.5, 0.6) is 11.5 Å². The number of hydrogen-bond acceptors (Lipinski definition) is 6. The van der Waals surface area contributed by atoms with Crippen molar-refractivity contribution in [3.05, 3.63) is 16.9 Å². The summed E-state index contributed by atoms with van der Waals surface area (Å²) in [6.07, 6.45) is 0. The van der Waals surface area contributed by atoms with Crippen LogP contribution in [0.25, 0.3) is 10.2 Å². The molecule has 0 unspecified atom stereocenters. The Labute approximate surface area is 129 Å². The number of ether oxygens (including phenoxy) is 3. The van der Waals surface area contributed by atoms with Gasteiger partial charge in [-0.1, -0.05) is 11.3 Å². The molecule has 1 aliphatic rings. The number of thiazole rings is 1. The highest BCUT2D eigenvalue weighted by atomic mass is 32.1.